The fourth-order valence-corrected chi connectivity index (χ4v) is 1.39. The van der Waals surface area contributed by atoms with Crippen molar-refractivity contribution in [1.29, 1.82) is 0 Å². The molecule has 0 fully saturated rings. The second-order valence-corrected chi connectivity index (χ2v) is 4.15. The summed E-state index contributed by atoms with van der Waals surface area (Å²) < 4.78 is 5.38. The molecule has 0 spiro atoms. The number of rotatable bonds is 9. The third-order valence-corrected chi connectivity index (χ3v) is 2.27. The number of hydrogen-bond donors (Lipinski definition) is 1. The third kappa shape index (κ3) is 8.68. The van der Waals surface area contributed by atoms with Crippen LogP contribution >= 0.6 is 0 Å². The van der Waals surface area contributed by atoms with Crippen LogP contribution in [0.5, 0.6) is 0 Å². The van der Waals surface area contributed by atoms with E-state index in [1.807, 2.05) is 13.8 Å². The van der Waals surface area contributed by atoms with Gasteiger partial charge >= 0.3 is 5.97 Å². The molecule has 0 aromatic carbocycles. The van der Waals surface area contributed by atoms with Crippen molar-refractivity contribution in [1.82, 2.24) is 4.90 Å². The van der Waals surface area contributed by atoms with E-state index in [1.165, 1.54) is 0 Å². The number of hydrogen-bond acceptors (Lipinski definition) is 3. The zero-order valence-electron chi connectivity index (χ0n) is 10.9. The first-order chi connectivity index (χ1) is 7.97. The van der Waals surface area contributed by atoms with Crippen molar-refractivity contribution in [3.8, 4) is 0 Å². The average Bonchev–Trinajstić information content (AvgIpc) is 2.26. The summed E-state index contributed by atoms with van der Waals surface area (Å²) in [5.41, 5.74) is 0. The first-order valence-electron chi connectivity index (χ1n) is 6.08. The van der Waals surface area contributed by atoms with Crippen molar-refractivity contribution in [3.05, 3.63) is 0 Å². The normalized spacial score (nSPS) is 10.6. The lowest BCUT2D eigenvalue weighted by atomic mass is 10.3. The molecule has 1 amide bonds. The minimum absolute atomic E-state index is 0.00320. The molecule has 0 bridgehead atoms. The number of amides is 1. The van der Waals surface area contributed by atoms with Crippen LogP contribution in [0.25, 0.3) is 0 Å². The standard InChI is InChI=1S/C12H23NO4/c1-4-11(14)13(8-6-12(15)16)7-5-9-17-10(2)3/h10H,4-9H2,1-3H3,(H,15,16). The summed E-state index contributed by atoms with van der Waals surface area (Å²) in [5.74, 6) is -0.881. The SMILES string of the molecule is CCC(=O)N(CCCOC(C)C)CCC(=O)O. The topological polar surface area (TPSA) is 66.8 Å². The van der Waals surface area contributed by atoms with Gasteiger partial charge in [-0.3, -0.25) is 9.59 Å². The molecule has 0 atom stereocenters. The van der Waals surface area contributed by atoms with E-state index in [0.717, 1.165) is 6.42 Å². The van der Waals surface area contributed by atoms with Crippen LogP contribution in [-0.4, -0.2) is 47.7 Å². The molecule has 0 saturated carbocycles. The molecular formula is C12H23NO4. The second-order valence-electron chi connectivity index (χ2n) is 4.15. The van der Waals surface area contributed by atoms with E-state index in [9.17, 15) is 9.59 Å². The Kier molecular flexibility index (Phi) is 8.40. The lowest BCUT2D eigenvalue weighted by Gasteiger charge is -2.21. The molecule has 0 heterocycles. The predicted octanol–water partition coefficient (Wildman–Crippen LogP) is 1.51. The lowest BCUT2D eigenvalue weighted by Crippen LogP contribution is -2.34. The molecule has 0 radical (unpaired) electrons. The Morgan fingerprint density at radius 3 is 2.41 bits per heavy atom. The Balaban J connectivity index is 3.93. The zero-order chi connectivity index (χ0) is 13.3. The van der Waals surface area contributed by atoms with Gasteiger partial charge < -0.3 is 14.7 Å². The molecule has 0 aliphatic rings. The molecule has 0 aromatic heterocycles. The Morgan fingerprint density at radius 1 is 1.29 bits per heavy atom. The fraction of sp³-hybridized carbons (Fsp3) is 0.833. The molecule has 0 aliphatic carbocycles. The van der Waals surface area contributed by atoms with E-state index in [1.54, 1.807) is 11.8 Å². The van der Waals surface area contributed by atoms with Crippen molar-refractivity contribution in [2.24, 2.45) is 0 Å². The predicted molar refractivity (Wildman–Crippen MR) is 64.8 cm³/mol. The van der Waals surface area contributed by atoms with E-state index in [-0.39, 0.29) is 25.0 Å². The highest BCUT2D eigenvalue weighted by Gasteiger charge is 2.12. The molecule has 5 nitrogen and oxygen atoms in total. The molecule has 1 N–H and O–H groups in total. The minimum atomic E-state index is -0.877. The molecule has 0 aliphatic heterocycles. The summed E-state index contributed by atoms with van der Waals surface area (Å²) in [7, 11) is 0. The molecule has 17 heavy (non-hydrogen) atoms. The van der Waals surface area contributed by atoms with E-state index >= 15 is 0 Å². The smallest absolute Gasteiger partial charge is 0.305 e. The minimum Gasteiger partial charge on any atom is -0.481 e. The van der Waals surface area contributed by atoms with Gasteiger partial charge in [-0.05, 0) is 20.3 Å². The van der Waals surface area contributed by atoms with Crippen LogP contribution in [0.4, 0.5) is 0 Å². The summed E-state index contributed by atoms with van der Waals surface area (Å²) in [5, 5.41) is 8.60. The highest BCUT2D eigenvalue weighted by atomic mass is 16.5. The van der Waals surface area contributed by atoms with Crippen LogP contribution in [0.1, 0.15) is 40.0 Å². The summed E-state index contributed by atoms with van der Waals surface area (Å²) in [6.07, 6.45) is 1.33. The fourth-order valence-electron chi connectivity index (χ4n) is 1.39. The first-order valence-corrected chi connectivity index (χ1v) is 6.08. The van der Waals surface area contributed by atoms with Crippen LogP contribution in [0.2, 0.25) is 0 Å². The molecular weight excluding hydrogens is 222 g/mol. The Hall–Kier alpha value is -1.10. The van der Waals surface area contributed by atoms with Gasteiger partial charge in [-0.1, -0.05) is 6.92 Å². The van der Waals surface area contributed by atoms with Crippen molar-refractivity contribution in [3.63, 3.8) is 0 Å². The second kappa shape index (κ2) is 8.98. The zero-order valence-corrected chi connectivity index (χ0v) is 10.9. The Labute approximate surface area is 103 Å². The van der Waals surface area contributed by atoms with Crippen molar-refractivity contribution in [2.75, 3.05) is 19.7 Å². The van der Waals surface area contributed by atoms with Gasteiger partial charge in [-0.2, -0.15) is 0 Å². The van der Waals surface area contributed by atoms with Gasteiger partial charge in [0.15, 0.2) is 0 Å². The molecule has 0 rings (SSSR count). The van der Waals surface area contributed by atoms with Gasteiger partial charge in [-0.15, -0.1) is 0 Å². The van der Waals surface area contributed by atoms with Gasteiger partial charge in [0.2, 0.25) is 5.91 Å². The van der Waals surface area contributed by atoms with Gasteiger partial charge in [-0.25, -0.2) is 0 Å². The number of carbonyl (C=O) groups is 2. The highest BCUT2D eigenvalue weighted by Crippen LogP contribution is 2.00. The van der Waals surface area contributed by atoms with Crippen LogP contribution < -0.4 is 0 Å². The van der Waals surface area contributed by atoms with E-state index in [2.05, 4.69) is 0 Å². The number of nitrogens with zero attached hydrogens (tertiary/aromatic N) is 1. The summed E-state index contributed by atoms with van der Waals surface area (Å²) in [4.78, 5) is 23.6. The largest absolute Gasteiger partial charge is 0.481 e. The van der Waals surface area contributed by atoms with Crippen LogP contribution in [-0.2, 0) is 14.3 Å². The highest BCUT2D eigenvalue weighted by molar-refractivity contribution is 5.76. The van der Waals surface area contributed by atoms with Crippen molar-refractivity contribution in [2.45, 2.75) is 46.1 Å². The molecule has 0 aromatic rings. The maximum absolute atomic E-state index is 11.5. The van der Waals surface area contributed by atoms with Gasteiger partial charge in [0.1, 0.15) is 0 Å². The molecule has 0 saturated heterocycles. The van der Waals surface area contributed by atoms with Crippen LogP contribution in [0.15, 0.2) is 0 Å². The van der Waals surface area contributed by atoms with E-state index in [4.69, 9.17) is 9.84 Å². The average molecular weight is 245 g/mol. The summed E-state index contributed by atoms with van der Waals surface area (Å²) in [6, 6.07) is 0. The first kappa shape index (κ1) is 15.9. The van der Waals surface area contributed by atoms with Gasteiger partial charge in [0.25, 0.3) is 0 Å². The maximum atomic E-state index is 11.5. The van der Waals surface area contributed by atoms with Gasteiger partial charge in [0.05, 0.1) is 12.5 Å². The summed E-state index contributed by atoms with van der Waals surface area (Å²) >= 11 is 0. The Bertz CT molecular complexity index is 241. The van der Waals surface area contributed by atoms with Gasteiger partial charge in [0, 0.05) is 26.1 Å². The van der Waals surface area contributed by atoms with E-state index < -0.39 is 5.97 Å². The third-order valence-electron chi connectivity index (χ3n) is 2.27. The number of ether oxygens (including phenoxy) is 1. The monoisotopic (exact) mass is 245 g/mol. The van der Waals surface area contributed by atoms with E-state index in [0.29, 0.717) is 19.6 Å². The number of carbonyl (C=O) groups excluding carboxylic acids is 1. The maximum Gasteiger partial charge on any atom is 0.305 e. The molecule has 100 valence electrons. The molecule has 5 heteroatoms. The number of carboxylic acids is 1. The van der Waals surface area contributed by atoms with Crippen molar-refractivity contribution < 1.29 is 19.4 Å². The van der Waals surface area contributed by atoms with Crippen LogP contribution in [0.3, 0.4) is 0 Å². The molecule has 0 unspecified atom stereocenters. The van der Waals surface area contributed by atoms with Crippen molar-refractivity contribution >= 4 is 11.9 Å². The number of aliphatic carboxylic acids is 1. The quantitative estimate of drug-likeness (QED) is 0.625. The van der Waals surface area contributed by atoms with Crippen LogP contribution in [0, 0.1) is 0 Å². The number of carboxylic acid groups (broad SMARTS) is 1. The Morgan fingerprint density at radius 2 is 1.94 bits per heavy atom. The summed E-state index contributed by atoms with van der Waals surface area (Å²) in [6.45, 7) is 7.13. The lowest BCUT2D eigenvalue weighted by molar-refractivity contribution is -0.138.